The van der Waals surface area contributed by atoms with Crippen LogP contribution in [-0.4, -0.2) is 5.78 Å². The summed E-state index contributed by atoms with van der Waals surface area (Å²) in [5.74, 6) is 0.258. The molecule has 0 N–H and O–H groups in total. The molecule has 0 amide bonds. The SMILES string of the molecule is [2H]C1CCCc2cccc(CC(=O)C(C)(C)C)c21. The standard InChI is InChI=1S/C16H22O/c1-16(2,3)15(17)11-13-9-6-8-12-7-4-5-10-14(12)13/h6,8-9H,4-5,7,10-11H2,1-3H3/i10D. The first kappa shape index (κ1) is 11.0. The number of carbonyl (C=O) groups excluding carboxylic acids is 1. The lowest BCUT2D eigenvalue weighted by Crippen LogP contribution is -2.23. The van der Waals surface area contributed by atoms with Gasteiger partial charge in [-0.25, -0.2) is 0 Å². The Labute approximate surface area is 106 Å². The van der Waals surface area contributed by atoms with E-state index in [4.69, 9.17) is 1.37 Å². The van der Waals surface area contributed by atoms with Gasteiger partial charge in [0.1, 0.15) is 5.78 Å². The molecule has 0 saturated carbocycles. The van der Waals surface area contributed by atoms with Crippen LogP contribution in [0.2, 0.25) is 0 Å². The van der Waals surface area contributed by atoms with Gasteiger partial charge in [-0.1, -0.05) is 39.0 Å². The Morgan fingerprint density at radius 3 is 2.82 bits per heavy atom. The number of Topliss-reactive ketones (excluding diaryl/α,β-unsaturated/α-hetero) is 1. The van der Waals surface area contributed by atoms with Crippen LogP contribution in [0.1, 0.15) is 51.7 Å². The minimum atomic E-state index is -0.297. The lowest BCUT2D eigenvalue weighted by atomic mass is 9.82. The van der Waals surface area contributed by atoms with E-state index in [9.17, 15) is 4.79 Å². The fourth-order valence-corrected chi connectivity index (χ4v) is 2.28. The fraction of sp³-hybridized carbons (Fsp3) is 0.562. The van der Waals surface area contributed by atoms with Crippen molar-refractivity contribution in [2.24, 2.45) is 5.41 Å². The minimum Gasteiger partial charge on any atom is -0.299 e. The van der Waals surface area contributed by atoms with Crippen molar-refractivity contribution in [1.29, 1.82) is 0 Å². The van der Waals surface area contributed by atoms with Crippen molar-refractivity contribution in [3.05, 3.63) is 34.9 Å². The summed E-state index contributed by atoms with van der Waals surface area (Å²) in [5.41, 5.74) is 3.18. The zero-order chi connectivity index (χ0) is 13.3. The predicted molar refractivity (Wildman–Crippen MR) is 71.3 cm³/mol. The van der Waals surface area contributed by atoms with Gasteiger partial charge in [0.15, 0.2) is 0 Å². The number of fused-ring (bicyclic) bond motifs is 1. The molecule has 1 unspecified atom stereocenters. The maximum Gasteiger partial charge on any atom is 0.142 e. The second-order valence-corrected chi connectivity index (χ2v) is 5.94. The molecule has 1 nitrogen and oxygen atoms in total. The molecule has 0 spiro atoms. The van der Waals surface area contributed by atoms with E-state index in [2.05, 4.69) is 6.07 Å². The van der Waals surface area contributed by atoms with Crippen molar-refractivity contribution in [1.82, 2.24) is 0 Å². The van der Waals surface area contributed by atoms with Crippen LogP contribution in [0, 0.1) is 5.41 Å². The molecule has 92 valence electrons. The normalized spacial score (nSPS) is 20.6. The second kappa shape index (κ2) is 4.64. The molecule has 17 heavy (non-hydrogen) atoms. The molecular formula is C16H22O. The van der Waals surface area contributed by atoms with Crippen molar-refractivity contribution in [3.63, 3.8) is 0 Å². The number of benzene rings is 1. The zero-order valence-corrected chi connectivity index (χ0v) is 11.0. The molecule has 1 heteroatoms. The number of hydrogen-bond acceptors (Lipinski definition) is 1. The van der Waals surface area contributed by atoms with E-state index in [-0.39, 0.29) is 17.6 Å². The minimum absolute atomic E-state index is 0.141. The van der Waals surface area contributed by atoms with E-state index in [0.717, 1.165) is 30.4 Å². The Morgan fingerprint density at radius 2 is 2.12 bits per heavy atom. The average molecular weight is 231 g/mol. The van der Waals surface area contributed by atoms with Crippen LogP contribution < -0.4 is 0 Å². The highest BCUT2D eigenvalue weighted by atomic mass is 16.1. The fourth-order valence-electron chi connectivity index (χ4n) is 2.28. The van der Waals surface area contributed by atoms with Crippen molar-refractivity contribution in [3.8, 4) is 0 Å². The molecule has 0 radical (unpaired) electrons. The number of hydrogen-bond donors (Lipinski definition) is 0. The van der Waals surface area contributed by atoms with Gasteiger partial charge in [0.25, 0.3) is 0 Å². The van der Waals surface area contributed by atoms with Gasteiger partial charge in [-0.3, -0.25) is 4.79 Å². The quantitative estimate of drug-likeness (QED) is 0.758. The Bertz CT molecular complexity index is 457. The van der Waals surface area contributed by atoms with Gasteiger partial charge >= 0.3 is 0 Å². The van der Waals surface area contributed by atoms with E-state index >= 15 is 0 Å². The molecule has 0 aromatic heterocycles. The molecule has 2 rings (SSSR count). The summed E-state index contributed by atoms with van der Waals surface area (Å²) >= 11 is 0. The van der Waals surface area contributed by atoms with Crippen molar-refractivity contribution < 1.29 is 6.17 Å². The van der Waals surface area contributed by atoms with Crippen LogP contribution in [0.25, 0.3) is 0 Å². The second-order valence-electron chi connectivity index (χ2n) is 5.94. The Kier molecular flexibility index (Phi) is 3.00. The third-order valence-electron chi connectivity index (χ3n) is 3.47. The first-order chi connectivity index (χ1) is 8.39. The molecular weight excluding hydrogens is 208 g/mol. The summed E-state index contributed by atoms with van der Waals surface area (Å²) in [5, 5.41) is 0. The molecule has 1 aliphatic carbocycles. The van der Waals surface area contributed by atoms with Crippen LogP contribution >= 0.6 is 0 Å². The Morgan fingerprint density at radius 1 is 1.35 bits per heavy atom. The lowest BCUT2D eigenvalue weighted by molar-refractivity contribution is -0.125. The summed E-state index contributed by atoms with van der Waals surface area (Å²) in [6.45, 7) is 5.88. The largest absolute Gasteiger partial charge is 0.299 e. The highest BCUT2D eigenvalue weighted by Crippen LogP contribution is 2.26. The van der Waals surface area contributed by atoms with Crippen LogP contribution in [0.15, 0.2) is 18.2 Å². The third kappa shape index (κ3) is 2.77. The van der Waals surface area contributed by atoms with Gasteiger partial charge in [-0.2, -0.15) is 0 Å². The van der Waals surface area contributed by atoms with Crippen LogP contribution in [-0.2, 0) is 24.0 Å². The zero-order valence-electron chi connectivity index (χ0n) is 12.0. The van der Waals surface area contributed by atoms with Crippen molar-refractivity contribution in [2.45, 2.75) is 52.9 Å². The monoisotopic (exact) mass is 231 g/mol. The van der Waals surface area contributed by atoms with Gasteiger partial charge in [0.2, 0.25) is 0 Å². The van der Waals surface area contributed by atoms with Crippen LogP contribution in [0.4, 0.5) is 0 Å². The van der Waals surface area contributed by atoms with Gasteiger partial charge in [-0.15, -0.1) is 0 Å². The Hall–Kier alpha value is -1.11. The highest BCUT2D eigenvalue weighted by molar-refractivity contribution is 5.86. The molecule has 0 heterocycles. The topological polar surface area (TPSA) is 17.1 Å². The molecule has 1 aromatic rings. The van der Waals surface area contributed by atoms with Gasteiger partial charge in [0, 0.05) is 13.2 Å². The number of carbonyl (C=O) groups is 1. The van der Waals surface area contributed by atoms with E-state index in [1.807, 2.05) is 32.9 Å². The van der Waals surface area contributed by atoms with Gasteiger partial charge in [0.05, 0.1) is 0 Å². The van der Waals surface area contributed by atoms with Gasteiger partial charge < -0.3 is 0 Å². The first-order valence-electron chi connectivity index (χ1n) is 7.03. The molecule has 0 aliphatic heterocycles. The smallest absolute Gasteiger partial charge is 0.142 e. The van der Waals surface area contributed by atoms with E-state index in [1.54, 1.807) is 0 Å². The molecule has 0 saturated heterocycles. The number of rotatable bonds is 2. The predicted octanol–water partition coefficient (Wildman–Crippen LogP) is 3.72. The third-order valence-corrected chi connectivity index (χ3v) is 3.47. The molecule has 1 atom stereocenters. The Balaban J connectivity index is 2.32. The number of aryl methyl sites for hydroxylation is 1. The maximum atomic E-state index is 12.2. The summed E-state index contributed by atoms with van der Waals surface area (Å²) in [6.07, 6.45) is 3.41. The summed E-state index contributed by atoms with van der Waals surface area (Å²) in [4.78, 5) is 12.2. The summed E-state index contributed by atoms with van der Waals surface area (Å²) in [6, 6.07) is 6.17. The molecule has 1 aliphatic rings. The first-order valence-corrected chi connectivity index (χ1v) is 6.46. The molecule has 1 aromatic carbocycles. The van der Waals surface area contributed by atoms with E-state index in [1.165, 1.54) is 5.56 Å². The lowest BCUT2D eigenvalue weighted by Gasteiger charge is -2.21. The highest BCUT2D eigenvalue weighted by Gasteiger charge is 2.23. The van der Waals surface area contributed by atoms with Crippen molar-refractivity contribution >= 4 is 5.78 Å². The maximum absolute atomic E-state index is 12.2. The van der Waals surface area contributed by atoms with Crippen LogP contribution in [0.3, 0.4) is 0 Å². The summed E-state index contributed by atoms with van der Waals surface area (Å²) in [7, 11) is 0. The van der Waals surface area contributed by atoms with Gasteiger partial charge in [-0.05, 0) is 42.3 Å². The van der Waals surface area contributed by atoms with E-state index < -0.39 is 0 Å². The average Bonchev–Trinajstić information content (AvgIpc) is 2.28. The van der Waals surface area contributed by atoms with Crippen molar-refractivity contribution in [2.75, 3.05) is 0 Å². The summed E-state index contributed by atoms with van der Waals surface area (Å²) < 4.78 is 8.18. The van der Waals surface area contributed by atoms with Crippen LogP contribution in [0.5, 0.6) is 0 Å². The molecule has 0 fully saturated rings. The molecule has 0 bridgehead atoms. The number of ketones is 1. The van der Waals surface area contributed by atoms with E-state index in [0.29, 0.717) is 6.42 Å².